The number of nitrogens with zero attached hydrogens (tertiary/aromatic N) is 1. The number of carbonyl (C=O) groups is 1. The van der Waals surface area contributed by atoms with Crippen LogP contribution in [0.3, 0.4) is 0 Å². The molecular weight excluding hydrogens is 368 g/mol. The third-order valence-electron chi connectivity index (χ3n) is 5.47. The number of ether oxygens (including phenoxy) is 1. The number of rotatable bonds is 9. The quantitative estimate of drug-likeness (QED) is 0.601. The summed E-state index contributed by atoms with van der Waals surface area (Å²) in [6.07, 6.45) is 7.55. The molecular formula is C23H32N2O2S. The van der Waals surface area contributed by atoms with E-state index in [1.54, 1.807) is 0 Å². The number of hydrogen-bond acceptors (Lipinski definition) is 4. The minimum atomic E-state index is 0.0141. The fourth-order valence-electron chi connectivity index (χ4n) is 3.82. The predicted molar refractivity (Wildman–Crippen MR) is 116 cm³/mol. The van der Waals surface area contributed by atoms with Crippen molar-refractivity contribution in [3.05, 3.63) is 51.7 Å². The predicted octanol–water partition coefficient (Wildman–Crippen LogP) is 5.02. The summed E-state index contributed by atoms with van der Waals surface area (Å²) in [7, 11) is 2.24. The van der Waals surface area contributed by atoms with Crippen LogP contribution in [0.5, 0.6) is 5.75 Å². The zero-order chi connectivity index (χ0) is 19.8. The number of hydrogen-bond donors (Lipinski definition) is 1. The number of aryl methyl sites for hydroxylation is 1. The van der Waals surface area contributed by atoms with Crippen molar-refractivity contribution in [1.29, 1.82) is 0 Å². The van der Waals surface area contributed by atoms with Crippen LogP contribution in [0, 0.1) is 6.92 Å². The molecule has 152 valence electrons. The lowest BCUT2D eigenvalue weighted by Crippen LogP contribution is -2.32. The van der Waals surface area contributed by atoms with Gasteiger partial charge in [-0.2, -0.15) is 0 Å². The van der Waals surface area contributed by atoms with E-state index in [2.05, 4.69) is 35.5 Å². The molecule has 3 rings (SSSR count). The van der Waals surface area contributed by atoms with Crippen molar-refractivity contribution < 1.29 is 9.53 Å². The van der Waals surface area contributed by atoms with E-state index in [1.165, 1.54) is 49.0 Å². The van der Waals surface area contributed by atoms with Crippen molar-refractivity contribution in [3.63, 3.8) is 0 Å². The summed E-state index contributed by atoms with van der Waals surface area (Å²) < 4.78 is 5.90. The highest BCUT2D eigenvalue weighted by Gasteiger charge is 2.18. The third kappa shape index (κ3) is 6.08. The molecule has 1 saturated carbocycles. The van der Waals surface area contributed by atoms with Crippen LogP contribution in [0.4, 0.5) is 0 Å². The molecule has 1 aliphatic carbocycles. The number of benzene rings is 1. The Morgan fingerprint density at radius 2 is 2.07 bits per heavy atom. The monoisotopic (exact) mass is 400 g/mol. The highest BCUT2D eigenvalue weighted by Crippen LogP contribution is 2.23. The third-order valence-corrected chi connectivity index (χ3v) is 6.49. The second kappa shape index (κ2) is 10.6. The van der Waals surface area contributed by atoms with Gasteiger partial charge in [-0.05, 0) is 67.9 Å². The molecule has 1 amide bonds. The maximum atomic E-state index is 12.1. The smallest absolute Gasteiger partial charge is 0.261 e. The Morgan fingerprint density at radius 3 is 2.82 bits per heavy atom. The van der Waals surface area contributed by atoms with Crippen LogP contribution in [0.15, 0.2) is 35.7 Å². The molecule has 1 heterocycles. The van der Waals surface area contributed by atoms with E-state index >= 15 is 0 Å². The molecule has 0 bridgehead atoms. The normalized spacial score (nSPS) is 15.0. The molecule has 1 N–H and O–H groups in total. The summed E-state index contributed by atoms with van der Waals surface area (Å²) in [6, 6.07) is 11.1. The molecule has 28 heavy (non-hydrogen) atoms. The topological polar surface area (TPSA) is 41.6 Å². The average molecular weight is 401 g/mol. The zero-order valence-electron chi connectivity index (χ0n) is 17.1. The van der Waals surface area contributed by atoms with Gasteiger partial charge in [-0.3, -0.25) is 9.69 Å². The maximum absolute atomic E-state index is 12.1. The molecule has 0 spiro atoms. The Hall–Kier alpha value is -1.85. The number of thiophene rings is 1. The van der Waals surface area contributed by atoms with Gasteiger partial charge >= 0.3 is 0 Å². The number of amides is 1. The number of carbonyl (C=O) groups excluding carboxylic acids is 1. The van der Waals surface area contributed by atoms with Crippen LogP contribution in [0.1, 0.15) is 59.3 Å². The van der Waals surface area contributed by atoms with Crippen molar-refractivity contribution >= 4 is 17.2 Å². The molecule has 0 unspecified atom stereocenters. The Kier molecular flexibility index (Phi) is 7.92. The highest BCUT2D eigenvalue weighted by atomic mass is 32.1. The van der Waals surface area contributed by atoms with Crippen molar-refractivity contribution in [2.45, 2.75) is 58.0 Å². The van der Waals surface area contributed by atoms with Crippen molar-refractivity contribution in [1.82, 2.24) is 10.2 Å². The van der Waals surface area contributed by atoms with E-state index in [0.29, 0.717) is 19.2 Å². The largest absolute Gasteiger partial charge is 0.494 e. The average Bonchev–Trinajstić information content (AvgIpc) is 3.14. The first-order chi connectivity index (χ1) is 13.6. The van der Waals surface area contributed by atoms with Gasteiger partial charge in [0.15, 0.2) is 0 Å². The Labute approximate surface area is 172 Å². The minimum Gasteiger partial charge on any atom is -0.494 e. The minimum absolute atomic E-state index is 0.0141. The van der Waals surface area contributed by atoms with E-state index in [4.69, 9.17) is 4.74 Å². The molecule has 2 aromatic rings. The standard InChI is InChI=1S/C23H32N2O2S/c1-18-12-15-28-22(18)23(26)24-13-7-14-27-21-11-6-8-19(16-21)17-25(2)20-9-4-3-5-10-20/h6,8,11-12,15-16,20H,3-5,7,9-10,13-14,17H2,1-2H3,(H,24,26). The fraction of sp³-hybridized carbons (Fsp3) is 0.522. The lowest BCUT2D eigenvalue weighted by molar-refractivity contribution is 0.0955. The van der Waals surface area contributed by atoms with Gasteiger partial charge in [0.25, 0.3) is 5.91 Å². The van der Waals surface area contributed by atoms with E-state index in [-0.39, 0.29) is 5.91 Å². The first kappa shape index (κ1) is 20.9. The van der Waals surface area contributed by atoms with Crippen LogP contribution in [0.2, 0.25) is 0 Å². The van der Waals surface area contributed by atoms with Crippen LogP contribution in [0.25, 0.3) is 0 Å². The van der Waals surface area contributed by atoms with Crippen LogP contribution in [-0.4, -0.2) is 37.0 Å². The lowest BCUT2D eigenvalue weighted by atomic mass is 9.94. The first-order valence-corrected chi connectivity index (χ1v) is 11.3. The van der Waals surface area contributed by atoms with E-state index in [9.17, 15) is 4.79 Å². The van der Waals surface area contributed by atoms with Gasteiger partial charge in [-0.15, -0.1) is 11.3 Å². The summed E-state index contributed by atoms with van der Waals surface area (Å²) in [4.78, 5) is 15.4. The second-order valence-electron chi connectivity index (χ2n) is 7.75. The van der Waals surface area contributed by atoms with Gasteiger partial charge in [0, 0.05) is 19.1 Å². The fourth-order valence-corrected chi connectivity index (χ4v) is 4.66. The van der Waals surface area contributed by atoms with E-state index in [0.717, 1.165) is 29.2 Å². The Morgan fingerprint density at radius 1 is 1.25 bits per heavy atom. The molecule has 4 nitrogen and oxygen atoms in total. The molecule has 1 aliphatic rings. The summed E-state index contributed by atoms with van der Waals surface area (Å²) in [5.74, 6) is 0.926. The Bertz CT molecular complexity index is 753. The zero-order valence-corrected chi connectivity index (χ0v) is 17.9. The number of nitrogens with one attached hydrogen (secondary N) is 1. The van der Waals surface area contributed by atoms with Crippen molar-refractivity contribution in [2.75, 3.05) is 20.2 Å². The van der Waals surface area contributed by atoms with Gasteiger partial charge in [0.05, 0.1) is 11.5 Å². The summed E-state index contributed by atoms with van der Waals surface area (Å²) in [5.41, 5.74) is 2.33. The van der Waals surface area contributed by atoms with Gasteiger partial charge in [0.1, 0.15) is 5.75 Å². The Balaban J connectivity index is 1.38. The van der Waals surface area contributed by atoms with E-state index < -0.39 is 0 Å². The van der Waals surface area contributed by atoms with E-state index in [1.807, 2.05) is 24.4 Å². The van der Waals surface area contributed by atoms with Gasteiger partial charge in [-0.25, -0.2) is 0 Å². The van der Waals surface area contributed by atoms with Gasteiger partial charge in [0.2, 0.25) is 0 Å². The van der Waals surface area contributed by atoms with Crippen molar-refractivity contribution in [2.24, 2.45) is 0 Å². The molecule has 0 atom stereocenters. The first-order valence-electron chi connectivity index (χ1n) is 10.4. The molecule has 0 radical (unpaired) electrons. The van der Waals surface area contributed by atoms with Crippen LogP contribution < -0.4 is 10.1 Å². The van der Waals surface area contributed by atoms with Gasteiger partial charge in [-0.1, -0.05) is 31.4 Å². The molecule has 1 aromatic carbocycles. The molecule has 1 aromatic heterocycles. The summed E-state index contributed by atoms with van der Waals surface area (Å²) >= 11 is 1.49. The molecule has 0 saturated heterocycles. The lowest BCUT2D eigenvalue weighted by Gasteiger charge is -2.31. The SMILES string of the molecule is Cc1ccsc1C(=O)NCCCOc1cccc(CN(C)C2CCCCC2)c1. The highest BCUT2D eigenvalue weighted by molar-refractivity contribution is 7.12. The second-order valence-corrected chi connectivity index (χ2v) is 8.66. The molecule has 5 heteroatoms. The maximum Gasteiger partial charge on any atom is 0.261 e. The summed E-state index contributed by atoms with van der Waals surface area (Å²) in [6.45, 7) is 4.16. The molecule has 1 fully saturated rings. The molecule has 0 aliphatic heterocycles. The van der Waals surface area contributed by atoms with Gasteiger partial charge < -0.3 is 10.1 Å². The van der Waals surface area contributed by atoms with Crippen LogP contribution in [-0.2, 0) is 6.54 Å². The summed E-state index contributed by atoms with van der Waals surface area (Å²) in [5, 5.41) is 4.92. The van der Waals surface area contributed by atoms with Crippen LogP contribution >= 0.6 is 11.3 Å². The van der Waals surface area contributed by atoms with Crippen molar-refractivity contribution in [3.8, 4) is 5.75 Å².